The number of amides is 2. The van der Waals surface area contributed by atoms with Crippen LogP contribution < -0.4 is 5.32 Å². The summed E-state index contributed by atoms with van der Waals surface area (Å²) < 4.78 is 13.1. The Morgan fingerprint density at radius 1 is 1.33 bits per heavy atom. The smallest absolute Gasteiger partial charge is 0.247 e. The zero-order valence-corrected chi connectivity index (χ0v) is 12.0. The largest absolute Gasteiger partial charge is 0.352 e. The van der Waals surface area contributed by atoms with Crippen molar-refractivity contribution >= 4 is 11.8 Å². The van der Waals surface area contributed by atoms with E-state index in [1.54, 1.807) is 17.0 Å². The summed E-state index contributed by atoms with van der Waals surface area (Å²) in [7, 11) is 0. The van der Waals surface area contributed by atoms with Crippen molar-refractivity contribution in [1.82, 2.24) is 10.2 Å². The van der Waals surface area contributed by atoms with Gasteiger partial charge in [0.15, 0.2) is 0 Å². The molecule has 2 fully saturated rings. The van der Waals surface area contributed by atoms with E-state index in [-0.39, 0.29) is 23.5 Å². The zero-order chi connectivity index (χ0) is 15.0. The molecule has 1 N–H and O–H groups in total. The maximum Gasteiger partial charge on any atom is 0.247 e. The Morgan fingerprint density at radius 3 is 2.62 bits per heavy atom. The molecule has 3 rings (SSSR count). The van der Waals surface area contributed by atoms with Crippen LogP contribution in [-0.4, -0.2) is 29.8 Å². The molecule has 1 aliphatic heterocycles. The molecule has 0 radical (unpaired) electrons. The minimum absolute atomic E-state index is 0.0293. The molecule has 2 unspecified atom stereocenters. The van der Waals surface area contributed by atoms with Crippen LogP contribution in [0.3, 0.4) is 0 Å². The van der Waals surface area contributed by atoms with Crippen LogP contribution in [0.15, 0.2) is 24.3 Å². The molecule has 0 aromatic heterocycles. The van der Waals surface area contributed by atoms with Crippen molar-refractivity contribution in [3.8, 4) is 0 Å². The average molecular weight is 290 g/mol. The summed E-state index contributed by atoms with van der Waals surface area (Å²) in [5.41, 5.74) is 0.657. The van der Waals surface area contributed by atoms with Gasteiger partial charge in [0.25, 0.3) is 0 Å². The van der Waals surface area contributed by atoms with E-state index < -0.39 is 6.04 Å². The second kappa shape index (κ2) is 5.47. The molecule has 21 heavy (non-hydrogen) atoms. The summed E-state index contributed by atoms with van der Waals surface area (Å²) in [5, 5.41) is 2.79. The van der Waals surface area contributed by atoms with Crippen molar-refractivity contribution in [2.45, 2.75) is 25.8 Å². The molecule has 2 atom stereocenters. The summed E-state index contributed by atoms with van der Waals surface area (Å²) in [5.74, 6) is -0.0970. The normalized spacial score (nSPS) is 23.6. The number of carbonyl (C=O) groups excluding carboxylic acids is 2. The van der Waals surface area contributed by atoms with Gasteiger partial charge in [0.1, 0.15) is 11.9 Å². The number of hydrogen-bond acceptors (Lipinski definition) is 2. The fourth-order valence-corrected chi connectivity index (χ4v) is 2.94. The van der Waals surface area contributed by atoms with Crippen LogP contribution in [0, 0.1) is 17.7 Å². The lowest BCUT2D eigenvalue weighted by Gasteiger charge is -2.37. The van der Waals surface area contributed by atoms with Crippen LogP contribution in [-0.2, 0) is 9.59 Å². The van der Waals surface area contributed by atoms with Crippen molar-refractivity contribution in [3.05, 3.63) is 35.6 Å². The molecule has 0 bridgehead atoms. The molecule has 1 saturated heterocycles. The lowest BCUT2D eigenvalue weighted by atomic mass is 9.98. The Kier molecular flexibility index (Phi) is 3.66. The highest BCUT2D eigenvalue weighted by Crippen LogP contribution is 2.38. The maximum atomic E-state index is 13.1. The van der Waals surface area contributed by atoms with Crippen LogP contribution in [0.5, 0.6) is 0 Å². The minimum Gasteiger partial charge on any atom is -0.352 e. The van der Waals surface area contributed by atoms with Gasteiger partial charge < -0.3 is 10.2 Å². The van der Waals surface area contributed by atoms with Gasteiger partial charge in [-0.2, -0.15) is 0 Å². The van der Waals surface area contributed by atoms with Crippen molar-refractivity contribution in [2.24, 2.45) is 11.8 Å². The van der Waals surface area contributed by atoms with Gasteiger partial charge in [0, 0.05) is 19.0 Å². The second-order valence-electron chi connectivity index (χ2n) is 5.90. The number of benzene rings is 1. The molecule has 2 amide bonds. The van der Waals surface area contributed by atoms with Crippen molar-refractivity contribution in [2.75, 3.05) is 13.1 Å². The Labute approximate surface area is 123 Å². The minimum atomic E-state index is -0.645. The summed E-state index contributed by atoms with van der Waals surface area (Å²) in [6.45, 7) is 2.91. The summed E-state index contributed by atoms with van der Waals surface area (Å²) in [6.07, 6.45) is 2.18. The van der Waals surface area contributed by atoms with Crippen LogP contribution in [0.4, 0.5) is 4.39 Å². The van der Waals surface area contributed by atoms with E-state index in [0.717, 1.165) is 12.8 Å². The number of nitrogens with zero attached hydrogens (tertiary/aromatic N) is 1. The highest BCUT2D eigenvalue weighted by Gasteiger charge is 2.40. The SMILES string of the molecule is CC(C(=O)N1CCNC(=O)C1c1ccc(F)cc1)C1CC1. The molecule has 112 valence electrons. The van der Waals surface area contributed by atoms with Crippen LogP contribution in [0.2, 0.25) is 0 Å². The summed E-state index contributed by atoms with van der Waals surface area (Å²) >= 11 is 0. The molecule has 4 nitrogen and oxygen atoms in total. The number of nitrogens with one attached hydrogen (secondary N) is 1. The molecule has 1 aromatic carbocycles. The Balaban J connectivity index is 1.87. The fourth-order valence-electron chi connectivity index (χ4n) is 2.94. The number of rotatable bonds is 3. The standard InChI is InChI=1S/C16H19FN2O2/c1-10(11-2-3-11)16(21)19-9-8-18-15(20)14(19)12-4-6-13(17)7-5-12/h4-7,10-11,14H,2-3,8-9H2,1H3,(H,18,20). The molecule has 1 aliphatic carbocycles. The first-order chi connectivity index (χ1) is 10.1. The van der Waals surface area contributed by atoms with E-state index in [4.69, 9.17) is 0 Å². The van der Waals surface area contributed by atoms with Crippen molar-refractivity contribution in [1.29, 1.82) is 0 Å². The van der Waals surface area contributed by atoms with E-state index in [0.29, 0.717) is 24.6 Å². The van der Waals surface area contributed by atoms with E-state index in [2.05, 4.69) is 5.32 Å². The monoisotopic (exact) mass is 290 g/mol. The predicted octanol–water partition coefficient (Wildman–Crippen LogP) is 1.87. The maximum absolute atomic E-state index is 13.1. The predicted molar refractivity (Wildman–Crippen MR) is 75.8 cm³/mol. The van der Waals surface area contributed by atoms with Crippen LogP contribution in [0.1, 0.15) is 31.4 Å². The molecule has 1 heterocycles. The molecule has 2 aliphatic rings. The third-order valence-electron chi connectivity index (χ3n) is 4.40. The number of carbonyl (C=O) groups is 2. The Hall–Kier alpha value is -1.91. The van der Waals surface area contributed by atoms with Gasteiger partial charge in [-0.05, 0) is 36.5 Å². The average Bonchev–Trinajstić information content (AvgIpc) is 3.31. The first-order valence-electron chi connectivity index (χ1n) is 7.41. The van der Waals surface area contributed by atoms with Gasteiger partial charge in [-0.3, -0.25) is 9.59 Å². The lowest BCUT2D eigenvalue weighted by Crippen LogP contribution is -2.53. The molecular formula is C16H19FN2O2. The third kappa shape index (κ3) is 2.77. The van der Waals surface area contributed by atoms with Gasteiger partial charge in [-0.25, -0.2) is 4.39 Å². The van der Waals surface area contributed by atoms with Gasteiger partial charge in [-0.1, -0.05) is 19.1 Å². The van der Waals surface area contributed by atoms with Gasteiger partial charge in [0.2, 0.25) is 11.8 Å². The molecule has 5 heteroatoms. The lowest BCUT2D eigenvalue weighted by molar-refractivity contribution is -0.146. The van der Waals surface area contributed by atoms with Crippen LogP contribution in [0.25, 0.3) is 0 Å². The zero-order valence-electron chi connectivity index (χ0n) is 12.0. The molecule has 1 aromatic rings. The number of halogens is 1. The number of hydrogen-bond donors (Lipinski definition) is 1. The molecule has 0 spiro atoms. The number of piperazine rings is 1. The van der Waals surface area contributed by atoms with Gasteiger partial charge in [-0.15, -0.1) is 0 Å². The van der Waals surface area contributed by atoms with Crippen LogP contribution >= 0.6 is 0 Å². The summed E-state index contributed by atoms with van der Waals surface area (Å²) in [6, 6.07) is 5.15. The summed E-state index contributed by atoms with van der Waals surface area (Å²) in [4.78, 5) is 26.5. The van der Waals surface area contributed by atoms with E-state index in [9.17, 15) is 14.0 Å². The first kappa shape index (κ1) is 14.0. The first-order valence-corrected chi connectivity index (χ1v) is 7.41. The van der Waals surface area contributed by atoms with Gasteiger partial charge >= 0.3 is 0 Å². The topological polar surface area (TPSA) is 49.4 Å². The third-order valence-corrected chi connectivity index (χ3v) is 4.40. The van der Waals surface area contributed by atoms with E-state index in [1.807, 2.05) is 6.92 Å². The molecule has 1 saturated carbocycles. The Bertz CT molecular complexity index is 554. The molecular weight excluding hydrogens is 271 g/mol. The van der Waals surface area contributed by atoms with Crippen molar-refractivity contribution < 1.29 is 14.0 Å². The van der Waals surface area contributed by atoms with E-state index in [1.165, 1.54) is 12.1 Å². The Morgan fingerprint density at radius 2 is 2.00 bits per heavy atom. The van der Waals surface area contributed by atoms with Gasteiger partial charge in [0.05, 0.1) is 0 Å². The second-order valence-corrected chi connectivity index (χ2v) is 5.90. The fraction of sp³-hybridized carbons (Fsp3) is 0.500. The van der Waals surface area contributed by atoms with Crippen molar-refractivity contribution in [3.63, 3.8) is 0 Å². The highest BCUT2D eigenvalue weighted by atomic mass is 19.1. The van der Waals surface area contributed by atoms with E-state index >= 15 is 0 Å². The highest BCUT2D eigenvalue weighted by molar-refractivity contribution is 5.90. The quantitative estimate of drug-likeness (QED) is 0.924.